The van der Waals surface area contributed by atoms with Crippen molar-refractivity contribution >= 4 is 34.4 Å². The van der Waals surface area contributed by atoms with Crippen LogP contribution in [0.1, 0.15) is 43.7 Å². The largest absolute Gasteiger partial charge is 0.416 e. The number of nitrogens with one attached hydrogen (secondary N) is 3. The molecule has 0 aliphatic heterocycles. The molecule has 6 aromatic rings. The summed E-state index contributed by atoms with van der Waals surface area (Å²) in [5, 5.41) is 9.00. The molecule has 0 saturated heterocycles. The lowest BCUT2D eigenvalue weighted by atomic mass is 9.98. The third kappa shape index (κ3) is 7.98. The number of amides is 3. The molecule has 50 heavy (non-hydrogen) atoms. The van der Waals surface area contributed by atoms with Gasteiger partial charge in [0.25, 0.3) is 11.8 Å². The molecule has 3 heterocycles. The van der Waals surface area contributed by atoms with E-state index in [1.54, 1.807) is 85.2 Å². The van der Waals surface area contributed by atoms with Gasteiger partial charge in [-0.1, -0.05) is 42.5 Å². The monoisotopic (exact) mass is 674 g/mol. The summed E-state index contributed by atoms with van der Waals surface area (Å²) < 4.78 is 39.2. The van der Waals surface area contributed by atoms with E-state index in [0.29, 0.717) is 40.7 Å². The SMILES string of the molecule is O=C(N[C@H](C(=O)NCCc1ccccn1)c1ccccn1)c1ccc2nc(NC(=O)c3ccccc3-c3ccc(C(F)(F)F)cc3)ccc2c1. The van der Waals surface area contributed by atoms with Gasteiger partial charge in [-0.3, -0.25) is 24.4 Å². The smallest absolute Gasteiger partial charge is 0.354 e. The van der Waals surface area contributed by atoms with Gasteiger partial charge in [-0.05, 0) is 83.9 Å². The quantitative estimate of drug-likeness (QED) is 0.147. The molecule has 3 aromatic heterocycles. The summed E-state index contributed by atoms with van der Waals surface area (Å²) in [4.78, 5) is 53.0. The van der Waals surface area contributed by atoms with Crippen molar-refractivity contribution in [1.82, 2.24) is 25.6 Å². The predicted molar refractivity (Wildman–Crippen MR) is 182 cm³/mol. The number of benzene rings is 3. The molecule has 3 N–H and O–H groups in total. The lowest BCUT2D eigenvalue weighted by Crippen LogP contribution is -2.41. The number of rotatable bonds is 10. The van der Waals surface area contributed by atoms with Crippen LogP contribution in [0.25, 0.3) is 22.0 Å². The third-order valence-corrected chi connectivity index (χ3v) is 7.82. The van der Waals surface area contributed by atoms with E-state index in [4.69, 9.17) is 0 Å². The number of pyridine rings is 3. The van der Waals surface area contributed by atoms with Gasteiger partial charge in [0.15, 0.2) is 6.04 Å². The molecule has 3 aromatic carbocycles. The summed E-state index contributed by atoms with van der Waals surface area (Å²) in [5.74, 6) is -1.18. The first-order valence-electron chi connectivity index (χ1n) is 15.5. The molecule has 9 nitrogen and oxygen atoms in total. The second kappa shape index (κ2) is 14.8. The van der Waals surface area contributed by atoms with E-state index >= 15 is 0 Å². The molecular weight excluding hydrogens is 645 g/mol. The van der Waals surface area contributed by atoms with Gasteiger partial charge < -0.3 is 16.0 Å². The van der Waals surface area contributed by atoms with E-state index in [0.717, 1.165) is 17.8 Å². The summed E-state index contributed by atoms with van der Waals surface area (Å²) in [6.45, 7) is 0.316. The summed E-state index contributed by atoms with van der Waals surface area (Å²) in [6, 6.07) is 28.9. The van der Waals surface area contributed by atoms with Gasteiger partial charge in [-0.25, -0.2) is 4.98 Å². The first-order valence-corrected chi connectivity index (χ1v) is 15.5. The van der Waals surface area contributed by atoms with E-state index in [1.807, 2.05) is 18.2 Å². The third-order valence-electron chi connectivity index (χ3n) is 7.82. The molecule has 0 aliphatic carbocycles. The van der Waals surface area contributed by atoms with Crippen molar-refractivity contribution in [3.05, 3.63) is 156 Å². The van der Waals surface area contributed by atoms with Gasteiger partial charge in [0.1, 0.15) is 5.82 Å². The minimum Gasteiger partial charge on any atom is -0.354 e. The number of carbonyl (C=O) groups is 3. The molecule has 0 fully saturated rings. The highest BCUT2D eigenvalue weighted by atomic mass is 19.4. The number of hydrogen-bond acceptors (Lipinski definition) is 6. The minimum absolute atomic E-state index is 0.236. The van der Waals surface area contributed by atoms with Gasteiger partial charge in [0.2, 0.25) is 5.91 Å². The van der Waals surface area contributed by atoms with Crippen LogP contribution in [0.3, 0.4) is 0 Å². The molecule has 6 rings (SSSR count). The van der Waals surface area contributed by atoms with Gasteiger partial charge in [-0.15, -0.1) is 0 Å². The summed E-state index contributed by atoms with van der Waals surface area (Å²) in [7, 11) is 0. The highest BCUT2D eigenvalue weighted by molar-refractivity contribution is 6.09. The lowest BCUT2D eigenvalue weighted by molar-refractivity contribution is -0.137. The summed E-state index contributed by atoms with van der Waals surface area (Å²) in [6.07, 6.45) is -0.733. The number of carbonyl (C=O) groups excluding carboxylic acids is 3. The van der Waals surface area contributed by atoms with Crippen LogP contribution in [0, 0.1) is 0 Å². The van der Waals surface area contributed by atoms with Crippen LogP contribution in [0.2, 0.25) is 0 Å². The first-order chi connectivity index (χ1) is 24.2. The standard InChI is InChI=1S/C38H29F3N6O3/c39-38(40,41)27-15-11-24(12-16-27)29-8-1-2-9-30(29)36(49)46-33-18-14-25-23-26(13-17-31(25)45-33)35(48)47-34(32-10-4-6-21-43-32)37(50)44-22-19-28-7-3-5-20-42-28/h1-18,20-21,23,34H,19,22H2,(H,44,50)(H,47,48)(H,45,46,49)/t34-/m0/s1. The average Bonchev–Trinajstić information content (AvgIpc) is 3.14. The lowest BCUT2D eigenvalue weighted by Gasteiger charge is -2.18. The van der Waals surface area contributed by atoms with Crippen LogP contribution in [-0.4, -0.2) is 39.2 Å². The second-order valence-electron chi connectivity index (χ2n) is 11.2. The maximum Gasteiger partial charge on any atom is 0.416 e. The number of anilines is 1. The van der Waals surface area contributed by atoms with Crippen molar-refractivity contribution in [2.75, 3.05) is 11.9 Å². The Morgan fingerprint density at radius 2 is 1.48 bits per heavy atom. The van der Waals surface area contributed by atoms with E-state index in [9.17, 15) is 27.6 Å². The van der Waals surface area contributed by atoms with Crippen LogP contribution < -0.4 is 16.0 Å². The van der Waals surface area contributed by atoms with Crippen LogP contribution in [0.15, 0.2) is 128 Å². The Labute approximate surface area is 284 Å². The van der Waals surface area contributed by atoms with Crippen molar-refractivity contribution in [2.24, 2.45) is 0 Å². The van der Waals surface area contributed by atoms with E-state index in [1.165, 1.54) is 12.1 Å². The van der Waals surface area contributed by atoms with Crippen LogP contribution in [0.5, 0.6) is 0 Å². The molecular formula is C38H29F3N6O3. The highest BCUT2D eigenvalue weighted by Crippen LogP contribution is 2.32. The molecule has 1 atom stereocenters. The highest BCUT2D eigenvalue weighted by Gasteiger charge is 2.30. The Kier molecular flexibility index (Phi) is 9.89. The number of hydrogen-bond donors (Lipinski definition) is 3. The number of alkyl halides is 3. The van der Waals surface area contributed by atoms with Gasteiger partial charge in [-0.2, -0.15) is 13.2 Å². The van der Waals surface area contributed by atoms with Crippen molar-refractivity contribution in [1.29, 1.82) is 0 Å². The Bertz CT molecular complexity index is 2140. The Hall–Kier alpha value is -6.43. The fourth-order valence-electron chi connectivity index (χ4n) is 5.29. The molecule has 0 saturated carbocycles. The molecule has 0 radical (unpaired) electrons. The number of aromatic nitrogens is 3. The first kappa shape index (κ1) is 33.5. The zero-order valence-electron chi connectivity index (χ0n) is 26.3. The molecule has 0 aliphatic rings. The topological polar surface area (TPSA) is 126 Å². The molecule has 0 spiro atoms. The summed E-state index contributed by atoms with van der Waals surface area (Å²) in [5.41, 5.74) is 2.35. The Morgan fingerprint density at radius 1 is 0.740 bits per heavy atom. The Morgan fingerprint density at radius 3 is 2.20 bits per heavy atom. The molecule has 12 heteroatoms. The zero-order chi connectivity index (χ0) is 35.1. The Balaban J connectivity index is 1.15. The van der Waals surface area contributed by atoms with E-state index < -0.39 is 35.5 Å². The maximum atomic E-state index is 13.4. The van der Waals surface area contributed by atoms with E-state index in [2.05, 4.69) is 30.9 Å². The van der Waals surface area contributed by atoms with Crippen LogP contribution in [0.4, 0.5) is 19.0 Å². The fourth-order valence-corrected chi connectivity index (χ4v) is 5.29. The van der Waals surface area contributed by atoms with Crippen molar-refractivity contribution in [3.63, 3.8) is 0 Å². The molecule has 250 valence electrons. The maximum absolute atomic E-state index is 13.4. The van der Waals surface area contributed by atoms with Crippen LogP contribution >= 0.6 is 0 Å². The molecule has 0 bridgehead atoms. The van der Waals surface area contributed by atoms with Crippen molar-refractivity contribution < 1.29 is 27.6 Å². The van der Waals surface area contributed by atoms with Gasteiger partial charge in [0.05, 0.1) is 16.8 Å². The molecule has 0 unspecified atom stereocenters. The minimum atomic E-state index is -4.47. The van der Waals surface area contributed by atoms with Crippen LogP contribution in [-0.2, 0) is 17.4 Å². The number of fused-ring (bicyclic) bond motifs is 1. The van der Waals surface area contributed by atoms with E-state index in [-0.39, 0.29) is 16.9 Å². The number of halogens is 3. The zero-order valence-corrected chi connectivity index (χ0v) is 26.3. The predicted octanol–water partition coefficient (Wildman–Crippen LogP) is 6.79. The normalized spacial score (nSPS) is 11.8. The van der Waals surface area contributed by atoms with Gasteiger partial charge >= 0.3 is 6.18 Å². The summed E-state index contributed by atoms with van der Waals surface area (Å²) >= 11 is 0. The van der Waals surface area contributed by atoms with Crippen molar-refractivity contribution in [3.8, 4) is 11.1 Å². The van der Waals surface area contributed by atoms with Crippen molar-refractivity contribution in [2.45, 2.75) is 18.6 Å². The average molecular weight is 675 g/mol. The second-order valence-corrected chi connectivity index (χ2v) is 11.2. The molecule has 3 amide bonds. The number of nitrogens with zero attached hydrogens (tertiary/aromatic N) is 3. The van der Waals surface area contributed by atoms with Gasteiger partial charge in [0, 0.05) is 47.6 Å². The fraction of sp³-hybridized carbons (Fsp3) is 0.105.